The highest BCUT2D eigenvalue weighted by Crippen LogP contribution is 2.22. The summed E-state index contributed by atoms with van der Waals surface area (Å²) in [5.41, 5.74) is 7.54. The molecular formula is C21H26N2O3. The highest BCUT2D eigenvalue weighted by atomic mass is 16.5. The van der Waals surface area contributed by atoms with E-state index in [4.69, 9.17) is 4.74 Å². The van der Waals surface area contributed by atoms with Gasteiger partial charge in [0.15, 0.2) is 6.61 Å². The number of benzene rings is 2. The Morgan fingerprint density at radius 1 is 1.00 bits per heavy atom. The maximum atomic E-state index is 12.1. The molecule has 2 amide bonds. The molecule has 0 atom stereocenters. The number of ether oxygens (including phenoxy) is 1. The van der Waals surface area contributed by atoms with Crippen LogP contribution in [0.3, 0.4) is 0 Å². The standard InChI is InChI=1S/C21H26N2O3/c1-5-15-7-6-8-18(13-15)26-14-19(24)22-23-20(25)16-9-11-17(12-10-16)21(2,3)4/h6-13H,5,14H2,1-4H3,(H,22,24)(H,23,25). The van der Waals surface area contributed by atoms with Crippen LogP contribution in [0.1, 0.15) is 49.2 Å². The van der Waals surface area contributed by atoms with Gasteiger partial charge in [0.2, 0.25) is 0 Å². The minimum absolute atomic E-state index is 0.0235. The molecule has 5 nitrogen and oxygen atoms in total. The van der Waals surface area contributed by atoms with E-state index in [0.717, 1.165) is 17.5 Å². The van der Waals surface area contributed by atoms with Gasteiger partial charge in [0, 0.05) is 5.56 Å². The Morgan fingerprint density at radius 2 is 1.69 bits per heavy atom. The first-order valence-electron chi connectivity index (χ1n) is 8.71. The van der Waals surface area contributed by atoms with Crippen LogP contribution in [0.4, 0.5) is 0 Å². The van der Waals surface area contributed by atoms with E-state index in [1.54, 1.807) is 18.2 Å². The Morgan fingerprint density at radius 3 is 2.31 bits per heavy atom. The van der Waals surface area contributed by atoms with Crippen LogP contribution in [0.25, 0.3) is 0 Å². The van der Waals surface area contributed by atoms with Crippen molar-refractivity contribution in [1.82, 2.24) is 10.9 Å². The van der Waals surface area contributed by atoms with E-state index in [1.807, 2.05) is 30.3 Å². The van der Waals surface area contributed by atoms with Crippen LogP contribution in [0.5, 0.6) is 5.75 Å². The summed E-state index contributed by atoms with van der Waals surface area (Å²) in [6.45, 7) is 8.21. The number of hydrazine groups is 1. The molecule has 26 heavy (non-hydrogen) atoms. The number of hydrogen-bond acceptors (Lipinski definition) is 3. The van der Waals surface area contributed by atoms with E-state index >= 15 is 0 Å². The highest BCUT2D eigenvalue weighted by Gasteiger charge is 2.14. The van der Waals surface area contributed by atoms with Gasteiger partial charge in [-0.15, -0.1) is 0 Å². The van der Waals surface area contributed by atoms with E-state index in [-0.39, 0.29) is 17.9 Å². The number of aryl methyl sites for hydroxylation is 1. The maximum absolute atomic E-state index is 12.1. The van der Waals surface area contributed by atoms with Crippen molar-refractivity contribution >= 4 is 11.8 Å². The van der Waals surface area contributed by atoms with Crippen LogP contribution in [-0.4, -0.2) is 18.4 Å². The van der Waals surface area contributed by atoms with Crippen LogP contribution in [0.15, 0.2) is 48.5 Å². The summed E-state index contributed by atoms with van der Waals surface area (Å²) < 4.78 is 5.44. The number of carbonyl (C=O) groups is 2. The molecule has 2 N–H and O–H groups in total. The maximum Gasteiger partial charge on any atom is 0.276 e. The molecule has 2 aromatic carbocycles. The van der Waals surface area contributed by atoms with Crippen LogP contribution >= 0.6 is 0 Å². The fourth-order valence-electron chi connectivity index (χ4n) is 2.36. The highest BCUT2D eigenvalue weighted by molar-refractivity contribution is 5.95. The Balaban J connectivity index is 1.82. The third-order valence-electron chi connectivity index (χ3n) is 4.01. The summed E-state index contributed by atoms with van der Waals surface area (Å²) >= 11 is 0. The second-order valence-corrected chi connectivity index (χ2v) is 7.12. The fourth-order valence-corrected chi connectivity index (χ4v) is 2.36. The zero-order chi connectivity index (χ0) is 19.2. The Bertz CT molecular complexity index is 762. The first-order valence-corrected chi connectivity index (χ1v) is 8.71. The monoisotopic (exact) mass is 354 g/mol. The third kappa shape index (κ3) is 5.62. The largest absolute Gasteiger partial charge is 0.484 e. The molecule has 2 rings (SSSR count). The van der Waals surface area contributed by atoms with Crippen molar-refractivity contribution in [3.63, 3.8) is 0 Å². The summed E-state index contributed by atoms with van der Waals surface area (Å²) in [6.07, 6.45) is 0.896. The van der Waals surface area contributed by atoms with Crippen molar-refractivity contribution in [2.45, 2.75) is 39.5 Å². The molecule has 0 radical (unpaired) electrons. The molecule has 0 saturated carbocycles. The van der Waals surface area contributed by atoms with Gasteiger partial charge >= 0.3 is 0 Å². The van der Waals surface area contributed by atoms with E-state index in [1.165, 1.54) is 0 Å². The first-order chi connectivity index (χ1) is 12.3. The molecule has 0 spiro atoms. The molecule has 2 aromatic rings. The SMILES string of the molecule is CCc1cccc(OCC(=O)NNC(=O)c2ccc(C(C)(C)C)cc2)c1. The normalized spacial score (nSPS) is 10.9. The fraction of sp³-hybridized carbons (Fsp3) is 0.333. The minimum atomic E-state index is -0.424. The van der Waals surface area contributed by atoms with E-state index in [0.29, 0.717) is 11.3 Å². The lowest BCUT2D eigenvalue weighted by atomic mass is 9.87. The molecule has 0 heterocycles. The van der Waals surface area contributed by atoms with Gasteiger partial charge in [0.25, 0.3) is 11.8 Å². The second kappa shape index (κ2) is 8.52. The van der Waals surface area contributed by atoms with E-state index in [9.17, 15) is 9.59 Å². The van der Waals surface area contributed by atoms with Crippen molar-refractivity contribution in [3.05, 3.63) is 65.2 Å². The van der Waals surface area contributed by atoms with Crippen molar-refractivity contribution < 1.29 is 14.3 Å². The summed E-state index contributed by atoms with van der Waals surface area (Å²) in [5, 5.41) is 0. The number of rotatable bonds is 5. The summed E-state index contributed by atoms with van der Waals surface area (Å²) in [4.78, 5) is 23.9. The molecule has 0 aliphatic carbocycles. The summed E-state index contributed by atoms with van der Waals surface area (Å²) in [7, 11) is 0. The van der Waals surface area contributed by atoms with Crippen molar-refractivity contribution in [1.29, 1.82) is 0 Å². The lowest BCUT2D eigenvalue weighted by Crippen LogP contribution is -2.43. The van der Waals surface area contributed by atoms with Crippen LogP contribution in [0.2, 0.25) is 0 Å². The van der Waals surface area contributed by atoms with Gasteiger partial charge in [-0.1, -0.05) is 52.0 Å². The Kier molecular flexibility index (Phi) is 6.39. The molecule has 0 aromatic heterocycles. The van der Waals surface area contributed by atoms with Gasteiger partial charge in [-0.2, -0.15) is 0 Å². The molecule has 0 aliphatic rings. The van der Waals surface area contributed by atoms with Gasteiger partial charge < -0.3 is 4.74 Å². The quantitative estimate of drug-likeness (QED) is 0.809. The minimum Gasteiger partial charge on any atom is -0.484 e. The average Bonchev–Trinajstić information content (AvgIpc) is 2.64. The van der Waals surface area contributed by atoms with Gasteiger partial charge in [-0.05, 0) is 47.2 Å². The first kappa shape index (κ1) is 19.5. The second-order valence-electron chi connectivity index (χ2n) is 7.12. The lowest BCUT2D eigenvalue weighted by molar-refractivity contribution is -0.123. The molecule has 0 aliphatic heterocycles. The van der Waals surface area contributed by atoms with Crippen molar-refractivity contribution in [2.24, 2.45) is 0 Å². The Hall–Kier alpha value is -2.82. The number of hydrogen-bond donors (Lipinski definition) is 2. The average molecular weight is 354 g/mol. The van der Waals surface area contributed by atoms with Crippen LogP contribution in [0, 0.1) is 0 Å². The predicted molar refractivity (Wildman–Crippen MR) is 102 cm³/mol. The van der Waals surface area contributed by atoms with E-state index in [2.05, 4.69) is 38.5 Å². The third-order valence-corrected chi connectivity index (χ3v) is 4.01. The Labute approximate surface area is 154 Å². The molecule has 0 fully saturated rings. The van der Waals surface area contributed by atoms with Crippen LogP contribution in [-0.2, 0) is 16.6 Å². The number of nitrogens with one attached hydrogen (secondary N) is 2. The predicted octanol–water partition coefficient (Wildman–Crippen LogP) is 3.39. The number of carbonyl (C=O) groups excluding carboxylic acids is 2. The van der Waals surface area contributed by atoms with Gasteiger partial charge in [0.05, 0.1) is 0 Å². The van der Waals surface area contributed by atoms with Crippen LogP contribution < -0.4 is 15.6 Å². The molecule has 0 unspecified atom stereocenters. The zero-order valence-electron chi connectivity index (χ0n) is 15.8. The topological polar surface area (TPSA) is 67.4 Å². The van der Waals surface area contributed by atoms with Gasteiger partial charge in [-0.25, -0.2) is 0 Å². The summed E-state index contributed by atoms with van der Waals surface area (Å²) in [5.74, 6) is -0.165. The smallest absolute Gasteiger partial charge is 0.276 e. The van der Waals surface area contributed by atoms with Crippen molar-refractivity contribution in [2.75, 3.05) is 6.61 Å². The van der Waals surface area contributed by atoms with Crippen molar-refractivity contribution in [3.8, 4) is 5.75 Å². The molecular weight excluding hydrogens is 328 g/mol. The molecule has 5 heteroatoms. The molecule has 0 saturated heterocycles. The lowest BCUT2D eigenvalue weighted by Gasteiger charge is -2.19. The zero-order valence-corrected chi connectivity index (χ0v) is 15.8. The summed E-state index contributed by atoms with van der Waals surface area (Å²) in [6, 6.07) is 14.9. The van der Waals surface area contributed by atoms with E-state index < -0.39 is 5.91 Å². The number of amides is 2. The van der Waals surface area contributed by atoms with Gasteiger partial charge in [0.1, 0.15) is 5.75 Å². The molecule has 138 valence electrons. The van der Waals surface area contributed by atoms with Gasteiger partial charge in [-0.3, -0.25) is 20.4 Å². The molecule has 0 bridgehead atoms.